The van der Waals surface area contributed by atoms with Crippen molar-refractivity contribution < 1.29 is 9.18 Å². The van der Waals surface area contributed by atoms with Crippen molar-refractivity contribution in [2.24, 2.45) is 0 Å². The second-order valence-corrected chi connectivity index (χ2v) is 8.46. The standard InChI is InChI=1S/C22H22FN3O2S/c1-15(20(27)25-13-7-2-8-14-25)29-22-24-18-11-5-3-9-16(18)21(28)26(22)19-12-6-4-10-17(19)23/h3-6,9-12,15H,2,7-8,13-14H2,1H3. The van der Waals surface area contributed by atoms with Gasteiger partial charge in [0.25, 0.3) is 5.56 Å². The molecule has 3 aromatic rings. The summed E-state index contributed by atoms with van der Waals surface area (Å²) < 4.78 is 15.8. The van der Waals surface area contributed by atoms with Crippen molar-refractivity contribution in [1.29, 1.82) is 0 Å². The van der Waals surface area contributed by atoms with Crippen LogP contribution in [0.3, 0.4) is 0 Å². The second-order valence-electron chi connectivity index (χ2n) is 7.15. The number of rotatable bonds is 4. The summed E-state index contributed by atoms with van der Waals surface area (Å²) in [6.07, 6.45) is 3.17. The molecule has 0 aliphatic carbocycles. The Balaban J connectivity index is 1.78. The van der Waals surface area contributed by atoms with Gasteiger partial charge in [0.1, 0.15) is 5.82 Å². The molecule has 29 heavy (non-hydrogen) atoms. The highest BCUT2D eigenvalue weighted by Crippen LogP contribution is 2.27. The van der Waals surface area contributed by atoms with Gasteiger partial charge in [-0.15, -0.1) is 0 Å². The molecular formula is C22H22FN3O2S. The van der Waals surface area contributed by atoms with E-state index in [1.165, 1.54) is 22.4 Å². The van der Waals surface area contributed by atoms with Gasteiger partial charge in [-0.3, -0.25) is 14.2 Å². The first-order valence-corrected chi connectivity index (χ1v) is 10.7. The highest BCUT2D eigenvalue weighted by molar-refractivity contribution is 8.00. The molecule has 1 fully saturated rings. The lowest BCUT2D eigenvalue weighted by Crippen LogP contribution is -2.40. The number of piperidine rings is 1. The normalized spacial score (nSPS) is 15.4. The molecule has 7 heteroatoms. The number of amides is 1. The van der Waals surface area contributed by atoms with Gasteiger partial charge in [-0.1, -0.05) is 36.0 Å². The SMILES string of the molecule is CC(Sc1nc2ccccc2c(=O)n1-c1ccccc1F)C(=O)N1CCCCC1. The number of hydrogen-bond acceptors (Lipinski definition) is 4. The molecule has 1 atom stereocenters. The van der Waals surface area contributed by atoms with E-state index in [9.17, 15) is 14.0 Å². The summed E-state index contributed by atoms with van der Waals surface area (Å²) in [6.45, 7) is 3.33. The van der Waals surface area contributed by atoms with E-state index in [4.69, 9.17) is 0 Å². The van der Waals surface area contributed by atoms with E-state index in [-0.39, 0.29) is 17.2 Å². The number of nitrogens with zero attached hydrogens (tertiary/aromatic N) is 3. The van der Waals surface area contributed by atoms with Crippen molar-refractivity contribution in [3.8, 4) is 5.69 Å². The summed E-state index contributed by atoms with van der Waals surface area (Å²) in [5.41, 5.74) is 0.321. The van der Waals surface area contributed by atoms with E-state index < -0.39 is 11.1 Å². The number of fused-ring (bicyclic) bond motifs is 1. The quantitative estimate of drug-likeness (QED) is 0.481. The Bertz CT molecular complexity index is 1110. The van der Waals surface area contributed by atoms with Crippen molar-refractivity contribution in [3.05, 3.63) is 64.7 Å². The smallest absolute Gasteiger partial charge is 0.266 e. The molecule has 5 nitrogen and oxygen atoms in total. The first kappa shape index (κ1) is 19.6. The van der Waals surface area contributed by atoms with Gasteiger partial charge in [0.05, 0.1) is 21.8 Å². The third-order valence-electron chi connectivity index (χ3n) is 5.14. The van der Waals surface area contributed by atoms with Crippen molar-refractivity contribution >= 4 is 28.6 Å². The van der Waals surface area contributed by atoms with Gasteiger partial charge in [0.15, 0.2) is 5.16 Å². The minimum absolute atomic E-state index is 0.0252. The van der Waals surface area contributed by atoms with E-state index in [0.717, 1.165) is 32.4 Å². The van der Waals surface area contributed by atoms with Crippen LogP contribution in [-0.2, 0) is 4.79 Å². The Hall–Kier alpha value is -2.67. The molecule has 1 aromatic heterocycles. The van der Waals surface area contributed by atoms with Gasteiger partial charge in [-0.05, 0) is 50.5 Å². The van der Waals surface area contributed by atoms with Crippen LogP contribution in [0.2, 0.25) is 0 Å². The molecule has 0 spiro atoms. The number of aromatic nitrogens is 2. The number of benzene rings is 2. The third kappa shape index (κ3) is 3.92. The summed E-state index contributed by atoms with van der Waals surface area (Å²) in [5.74, 6) is -0.485. The molecule has 0 radical (unpaired) electrons. The van der Waals surface area contributed by atoms with Crippen LogP contribution in [-0.4, -0.2) is 38.7 Å². The summed E-state index contributed by atoms with van der Waals surface area (Å²) >= 11 is 1.20. The summed E-state index contributed by atoms with van der Waals surface area (Å²) in [7, 11) is 0. The fourth-order valence-electron chi connectivity index (χ4n) is 3.62. The van der Waals surface area contributed by atoms with E-state index in [1.807, 2.05) is 11.8 Å². The zero-order valence-corrected chi connectivity index (χ0v) is 17.0. The second kappa shape index (κ2) is 8.37. The molecule has 1 aliphatic heterocycles. The van der Waals surface area contributed by atoms with Gasteiger partial charge in [0.2, 0.25) is 5.91 Å². The fraction of sp³-hybridized carbons (Fsp3) is 0.318. The predicted molar refractivity (Wildman–Crippen MR) is 113 cm³/mol. The van der Waals surface area contributed by atoms with E-state index in [1.54, 1.807) is 42.5 Å². The van der Waals surface area contributed by atoms with Crippen LogP contribution in [0.25, 0.3) is 16.6 Å². The number of carbonyl (C=O) groups excluding carboxylic acids is 1. The Morgan fingerprint density at radius 2 is 1.76 bits per heavy atom. The Morgan fingerprint density at radius 3 is 2.52 bits per heavy atom. The molecule has 0 bridgehead atoms. The summed E-state index contributed by atoms with van der Waals surface area (Å²) in [6, 6.07) is 13.1. The average Bonchev–Trinajstić information content (AvgIpc) is 2.75. The maximum Gasteiger partial charge on any atom is 0.266 e. The van der Waals surface area contributed by atoms with Gasteiger partial charge >= 0.3 is 0 Å². The average molecular weight is 412 g/mol. The van der Waals surface area contributed by atoms with Crippen LogP contribution >= 0.6 is 11.8 Å². The van der Waals surface area contributed by atoms with E-state index >= 15 is 0 Å². The molecular weight excluding hydrogens is 389 g/mol. The van der Waals surface area contributed by atoms with Gasteiger partial charge in [-0.25, -0.2) is 9.37 Å². The molecule has 1 unspecified atom stereocenters. The maximum absolute atomic E-state index is 14.6. The van der Waals surface area contributed by atoms with Gasteiger partial charge in [0, 0.05) is 13.1 Å². The first-order valence-electron chi connectivity index (χ1n) is 9.78. The molecule has 4 rings (SSSR count). The van der Waals surface area contributed by atoms with Crippen molar-refractivity contribution in [3.63, 3.8) is 0 Å². The zero-order chi connectivity index (χ0) is 20.4. The maximum atomic E-state index is 14.6. The largest absolute Gasteiger partial charge is 0.342 e. The number of hydrogen-bond donors (Lipinski definition) is 0. The number of likely N-dealkylation sites (tertiary alicyclic amines) is 1. The molecule has 2 heterocycles. The summed E-state index contributed by atoms with van der Waals surface area (Å²) in [5, 5.41) is 0.297. The molecule has 150 valence electrons. The predicted octanol–water partition coefficient (Wildman–Crippen LogP) is 4.02. The zero-order valence-electron chi connectivity index (χ0n) is 16.2. The molecule has 2 aromatic carbocycles. The van der Waals surface area contributed by atoms with Crippen molar-refractivity contribution in [1.82, 2.24) is 14.5 Å². The minimum Gasteiger partial charge on any atom is -0.342 e. The number of para-hydroxylation sites is 2. The number of carbonyl (C=O) groups is 1. The van der Waals surface area contributed by atoms with Crippen LogP contribution in [0.4, 0.5) is 4.39 Å². The van der Waals surface area contributed by atoms with Crippen LogP contribution in [0.15, 0.2) is 58.5 Å². The molecule has 0 saturated carbocycles. The third-order valence-corrected chi connectivity index (χ3v) is 6.18. The Labute approximate surface area is 172 Å². The topological polar surface area (TPSA) is 55.2 Å². The first-order chi connectivity index (χ1) is 14.1. The lowest BCUT2D eigenvalue weighted by molar-refractivity contribution is -0.131. The lowest BCUT2D eigenvalue weighted by atomic mass is 10.1. The van der Waals surface area contributed by atoms with Crippen molar-refractivity contribution in [2.75, 3.05) is 13.1 Å². The highest BCUT2D eigenvalue weighted by atomic mass is 32.2. The van der Waals surface area contributed by atoms with Crippen LogP contribution in [0.1, 0.15) is 26.2 Å². The molecule has 1 amide bonds. The molecule has 0 N–H and O–H groups in total. The van der Waals surface area contributed by atoms with Gasteiger partial charge < -0.3 is 4.90 Å². The highest BCUT2D eigenvalue weighted by Gasteiger charge is 2.25. The van der Waals surface area contributed by atoms with Crippen LogP contribution < -0.4 is 5.56 Å². The number of thioether (sulfide) groups is 1. The molecule has 1 saturated heterocycles. The van der Waals surface area contributed by atoms with Crippen LogP contribution in [0, 0.1) is 5.82 Å². The summed E-state index contributed by atoms with van der Waals surface area (Å²) in [4.78, 5) is 32.6. The van der Waals surface area contributed by atoms with E-state index in [2.05, 4.69) is 4.98 Å². The van der Waals surface area contributed by atoms with Crippen molar-refractivity contribution in [2.45, 2.75) is 36.6 Å². The number of halogens is 1. The minimum atomic E-state index is -0.511. The van der Waals surface area contributed by atoms with Gasteiger partial charge in [-0.2, -0.15) is 0 Å². The lowest BCUT2D eigenvalue weighted by Gasteiger charge is -2.29. The Kier molecular flexibility index (Phi) is 5.67. The fourth-order valence-corrected chi connectivity index (χ4v) is 4.62. The van der Waals surface area contributed by atoms with Crippen LogP contribution in [0.5, 0.6) is 0 Å². The van der Waals surface area contributed by atoms with E-state index in [0.29, 0.717) is 16.1 Å². The monoisotopic (exact) mass is 411 g/mol. The molecule has 1 aliphatic rings. The Morgan fingerprint density at radius 1 is 1.07 bits per heavy atom.